The number of rotatable bonds is 1. The van der Waals surface area contributed by atoms with E-state index in [-0.39, 0.29) is 18.2 Å². The number of ether oxygens (including phenoxy) is 1. The third-order valence-corrected chi connectivity index (χ3v) is 3.82. The van der Waals surface area contributed by atoms with Gasteiger partial charge in [-0.15, -0.1) is 6.42 Å². The second kappa shape index (κ2) is 4.66. The maximum Gasteiger partial charge on any atom is 0.411 e. The van der Waals surface area contributed by atoms with E-state index in [1.165, 1.54) is 0 Å². The molecule has 1 fully saturated rings. The smallest absolute Gasteiger partial charge is 0.411 e. The molecule has 2 heterocycles. The van der Waals surface area contributed by atoms with E-state index in [2.05, 4.69) is 22.0 Å². The highest BCUT2D eigenvalue weighted by molar-refractivity contribution is 5.70. The van der Waals surface area contributed by atoms with Crippen LogP contribution in [0.3, 0.4) is 0 Å². The number of likely N-dealkylation sites (tertiary alicyclic amines) is 1. The molecule has 0 unspecified atom stereocenters. The van der Waals surface area contributed by atoms with Gasteiger partial charge in [0.05, 0.1) is 18.3 Å². The average Bonchev–Trinajstić information content (AvgIpc) is 2.91. The Kier molecular flexibility index (Phi) is 3.05. The molecular formula is C16H19N3O2. The van der Waals surface area contributed by atoms with Crippen molar-refractivity contribution >= 4 is 6.09 Å². The number of terminal acetylenes is 1. The van der Waals surface area contributed by atoms with Crippen molar-refractivity contribution in [3.05, 3.63) is 29.9 Å². The van der Waals surface area contributed by atoms with Crippen LogP contribution in [-0.2, 0) is 4.74 Å². The Bertz CT molecular complexity index is 633. The summed E-state index contributed by atoms with van der Waals surface area (Å²) in [7, 11) is 0. The number of aromatic nitrogens is 2. The van der Waals surface area contributed by atoms with Crippen LogP contribution in [0.25, 0.3) is 0 Å². The molecule has 3 atom stereocenters. The molecule has 1 saturated heterocycles. The molecule has 1 aromatic heterocycles. The van der Waals surface area contributed by atoms with Crippen LogP contribution in [0.5, 0.6) is 0 Å². The summed E-state index contributed by atoms with van der Waals surface area (Å²) in [5.74, 6) is 3.63. The first-order valence-electron chi connectivity index (χ1n) is 7.10. The van der Waals surface area contributed by atoms with Crippen molar-refractivity contribution < 1.29 is 9.53 Å². The number of hydrogen-bond donors (Lipinski definition) is 1. The largest absolute Gasteiger partial charge is 0.444 e. The van der Waals surface area contributed by atoms with Crippen LogP contribution in [0.4, 0.5) is 4.79 Å². The van der Waals surface area contributed by atoms with Gasteiger partial charge in [-0.3, -0.25) is 4.90 Å². The van der Waals surface area contributed by atoms with Gasteiger partial charge in [0.2, 0.25) is 0 Å². The zero-order valence-corrected chi connectivity index (χ0v) is 12.5. The summed E-state index contributed by atoms with van der Waals surface area (Å²) >= 11 is 0. The van der Waals surface area contributed by atoms with E-state index in [4.69, 9.17) is 11.2 Å². The van der Waals surface area contributed by atoms with Gasteiger partial charge in [-0.2, -0.15) is 0 Å². The fraction of sp³-hybridized carbons (Fsp3) is 0.500. The number of fused-ring (bicyclic) bond motifs is 1. The van der Waals surface area contributed by atoms with Gasteiger partial charge in [-0.1, -0.05) is 18.1 Å². The average molecular weight is 285 g/mol. The van der Waals surface area contributed by atoms with Crippen molar-refractivity contribution in [1.82, 2.24) is 14.9 Å². The monoisotopic (exact) mass is 285 g/mol. The molecule has 1 aliphatic carbocycles. The van der Waals surface area contributed by atoms with Gasteiger partial charge in [0.1, 0.15) is 17.1 Å². The van der Waals surface area contributed by atoms with E-state index in [1.54, 1.807) is 11.1 Å². The fourth-order valence-corrected chi connectivity index (χ4v) is 2.85. The minimum Gasteiger partial charge on any atom is -0.444 e. The van der Waals surface area contributed by atoms with Crippen LogP contribution < -0.4 is 0 Å². The number of carbonyl (C=O) groups is 1. The SMILES string of the molecule is C#Cc1cnc([C@@H]2C[C@H]3C=C[C@H]3N2C(=O)OC(C)(C)C)[nH]1. The van der Waals surface area contributed by atoms with Crippen LogP contribution in [0.15, 0.2) is 18.3 Å². The van der Waals surface area contributed by atoms with Crippen molar-refractivity contribution in [2.45, 2.75) is 44.9 Å². The Morgan fingerprint density at radius 3 is 2.81 bits per heavy atom. The van der Waals surface area contributed by atoms with Crippen molar-refractivity contribution in [1.29, 1.82) is 0 Å². The molecular weight excluding hydrogens is 266 g/mol. The van der Waals surface area contributed by atoms with E-state index in [1.807, 2.05) is 26.8 Å². The normalized spacial score (nSPS) is 27.0. The Morgan fingerprint density at radius 1 is 1.52 bits per heavy atom. The number of H-pyrrole nitrogens is 1. The predicted molar refractivity (Wildman–Crippen MR) is 78.4 cm³/mol. The topological polar surface area (TPSA) is 58.2 Å². The molecule has 1 aromatic rings. The van der Waals surface area contributed by atoms with Gasteiger partial charge in [-0.05, 0) is 27.2 Å². The minimum absolute atomic E-state index is 0.101. The van der Waals surface area contributed by atoms with Crippen LogP contribution >= 0.6 is 0 Å². The lowest BCUT2D eigenvalue weighted by Crippen LogP contribution is -2.43. The van der Waals surface area contributed by atoms with Crippen LogP contribution in [0.2, 0.25) is 0 Å². The number of imidazole rings is 1. The molecule has 1 amide bonds. The molecule has 0 spiro atoms. The lowest BCUT2D eigenvalue weighted by Gasteiger charge is -2.33. The number of nitrogens with one attached hydrogen (secondary N) is 1. The molecule has 1 N–H and O–H groups in total. The molecule has 0 bridgehead atoms. The summed E-state index contributed by atoms with van der Waals surface area (Å²) in [6.45, 7) is 5.61. The molecule has 5 nitrogen and oxygen atoms in total. The highest BCUT2D eigenvalue weighted by Crippen LogP contribution is 2.45. The Balaban J connectivity index is 1.86. The molecule has 2 aliphatic rings. The zero-order valence-electron chi connectivity index (χ0n) is 12.5. The summed E-state index contributed by atoms with van der Waals surface area (Å²) in [6.07, 6.45) is 11.7. The summed E-state index contributed by atoms with van der Waals surface area (Å²) in [6, 6.07) is -0.0174. The number of amides is 1. The number of nitrogens with zero attached hydrogens (tertiary/aromatic N) is 2. The summed E-state index contributed by atoms with van der Waals surface area (Å²) in [5.41, 5.74) is 0.113. The molecule has 1 aliphatic heterocycles. The minimum atomic E-state index is -0.514. The van der Waals surface area contributed by atoms with Crippen molar-refractivity contribution in [2.75, 3.05) is 0 Å². The second-order valence-corrected chi connectivity index (χ2v) is 6.50. The highest BCUT2D eigenvalue weighted by atomic mass is 16.6. The van der Waals surface area contributed by atoms with Gasteiger partial charge in [0.25, 0.3) is 0 Å². The molecule has 0 saturated carbocycles. The quantitative estimate of drug-likeness (QED) is 0.637. The van der Waals surface area contributed by atoms with Crippen LogP contribution in [0.1, 0.15) is 44.8 Å². The van der Waals surface area contributed by atoms with Crippen LogP contribution in [-0.4, -0.2) is 32.6 Å². The summed E-state index contributed by atoms with van der Waals surface area (Å²) in [5, 5.41) is 0. The molecule has 21 heavy (non-hydrogen) atoms. The van der Waals surface area contributed by atoms with Gasteiger partial charge in [0.15, 0.2) is 0 Å². The van der Waals surface area contributed by atoms with Gasteiger partial charge in [-0.25, -0.2) is 9.78 Å². The van der Waals surface area contributed by atoms with Crippen molar-refractivity contribution in [3.8, 4) is 12.3 Å². The van der Waals surface area contributed by atoms with E-state index in [0.29, 0.717) is 11.6 Å². The molecule has 3 rings (SSSR count). The molecule has 0 aromatic carbocycles. The first kappa shape index (κ1) is 13.7. The van der Waals surface area contributed by atoms with Crippen molar-refractivity contribution in [2.24, 2.45) is 5.92 Å². The maximum absolute atomic E-state index is 12.5. The first-order valence-corrected chi connectivity index (χ1v) is 7.10. The standard InChI is InChI=1S/C16H19N3O2/c1-5-11-9-17-14(18-11)13-8-10-6-7-12(10)19(13)15(20)21-16(2,3)4/h1,6-7,9-10,12-13H,8H2,2-4H3,(H,17,18)/t10-,12-,13+/m1/s1. The van der Waals surface area contributed by atoms with E-state index in [0.717, 1.165) is 12.2 Å². The van der Waals surface area contributed by atoms with E-state index in [9.17, 15) is 4.79 Å². The fourth-order valence-electron chi connectivity index (χ4n) is 2.85. The third-order valence-electron chi connectivity index (χ3n) is 3.82. The van der Waals surface area contributed by atoms with E-state index < -0.39 is 5.60 Å². The number of aromatic amines is 1. The first-order chi connectivity index (χ1) is 9.89. The Morgan fingerprint density at radius 2 is 2.29 bits per heavy atom. The summed E-state index contributed by atoms with van der Waals surface area (Å²) < 4.78 is 5.53. The van der Waals surface area contributed by atoms with E-state index >= 15 is 0 Å². The highest BCUT2D eigenvalue weighted by Gasteiger charge is 2.48. The van der Waals surface area contributed by atoms with Crippen molar-refractivity contribution in [3.63, 3.8) is 0 Å². The second-order valence-electron chi connectivity index (χ2n) is 6.50. The molecule has 0 radical (unpaired) electrons. The Labute approximate surface area is 124 Å². The summed E-state index contributed by atoms with van der Waals surface area (Å²) in [4.78, 5) is 21.7. The lowest BCUT2D eigenvalue weighted by atomic mass is 9.89. The van der Waals surface area contributed by atoms with Gasteiger partial charge in [0, 0.05) is 5.92 Å². The maximum atomic E-state index is 12.5. The van der Waals surface area contributed by atoms with Gasteiger partial charge < -0.3 is 9.72 Å². The Hall–Kier alpha value is -2.22. The molecule has 110 valence electrons. The zero-order chi connectivity index (χ0) is 15.2. The van der Waals surface area contributed by atoms with Gasteiger partial charge >= 0.3 is 6.09 Å². The van der Waals surface area contributed by atoms with Crippen LogP contribution in [0, 0.1) is 18.3 Å². The predicted octanol–water partition coefficient (Wildman–Crippen LogP) is 2.63. The number of carbonyl (C=O) groups excluding carboxylic acids is 1. The lowest BCUT2D eigenvalue weighted by molar-refractivity contribution is 0.0157. The number of hydrogen-bond acceptors (Lipinski definition) is 3. The molecule has 5 heteroatoms. The third kappa shape index (κ3) is 2.42.